The summed E-state index contributed by atoms with van der Waals surface area (Å²) in [6, 6.07) is 0.306. The van der Waals surface area contributed by atoms with Crippen LogP contribution in [0.4, 0.5) is 4.79 Å². The highest BCUT2D eigenvalue weighted by Crippen LogP contribution is 2.17. The van der Waals surface area contributed by atoms with Crippen LogP contribution in [-0.2, 0) is 9.47 Å². The van der Waals surface area contributed by atoms with Crippen molar-refractivity contribution in [3.8, 4) is 0 Å². The first kappa shape index (κ1) is 16.2. The lowest BCUT2D eigenvalue weighted by Gasteiger charge is -2.22. The minimum Gasteiger partial charge on any atom is -0.447 e. The number of hydrogen-bond acceptors (Lipinski definition) is 4. The first-order chi connectivity index (χ1) is 9.33. The van der Waals surface area contributed by atoms with Gasteiger partial charge in [-0.15, -0.1) is 0 Å². The van der Waals surface area contributed by atoms with Crippen LogP contribution >= 0.6 is 0 Å². The van der Waals surface area contributed by atoms with Crippen molar-refractivity contribution in [1.82, 2.24) is 10.6 Å². The molecule has 0 aromatic carbocycles. The fourth-order valence-corrected chi connectivity index (χ4v) is 2.20. The second-order valence-corrected chi connectivity index (χ2v) is 4.98. The van der Waals surface area contributed by atoms with Crippen molar-refractivity contribution in [1.29, 1.82) is 0 Å². The summed E-state index contributed by atoms with van der Waals surface area (Å²) in [5.74, 6) is 0. The highest BCUT2D eigenvalue weighted by Gasteiger charge is 2.15. The number of nitrogens with one attached hydrogen (secondary N) is 2. The molecule has 0 aromatic heterocycles. The van der Waals surface area contributed by atoms with Crippen molar-refractivity contribution in [3.63, 3.8) is 0 Å². The highest BCUT2D eigenvalue weighted by atomic mass is 16.6. The van der Waals surface area contributed by atoms with E-state index in [0.717, 1.165) is 32.4 Å². The topological polar surface area (TPSA) is 59.6 Å². The molecule has 1 fully saturated rings. The van der Waals surface area contributed by atoms with E-state index in [4.69, 9.17) is 9.47 Å². The summed E-state index contributed by atoms with van der Waals surface area (Å²) in [5, 5.41) is 6.15. The fourth-order valence-electron chi connectivity index (χ4n) is 2.20. The number of hydrogen-bond donors (Lipinski definition) is 2. The van der Waals surface area contributed by atoms with Crippen molar-refractivity contribution in [2.75, 3.05) is 32.9 Å². The summed E-state index contributed by atoms with van der Waals surface area (Å²) in [4.78, 5) is 11.5. The second-order valence-electron chi connectivity index (χ2n) is 4.98. The molecule has 2 N–H and O–H groups in total. The van der Waals surface area contributed by atoms with Gasteiger partial charge in [-0.1, -0.05) is 26.2 Å². The zero-order valence-electron chi connectivity index (χ0n) is 12.1. The molecule has 0 aromatic rings. The van der Waals surface area contributed by atoms with E-state index in [9.17, 15) is 4.79 Å². The van der Waals surface area contributed by atoms with E-state index in [-0.39, 0.29) is 6.09 Å². The third-order valence-electron chi connectivity index (χ3n) is 3.24. The molecule has 5 heteroatoms. The van der Waals surface area contributed by atoms with Crippen LogP contribution in [0, 0.1) is 0 Å². The summed E-state index contributed by atoms with van der Waals surface area (Å²) < 4.78 is 10.4. The predicted octanol–water partition coefficient (Wildman–Crippen LogP) is 2.06. The molecule has 1 saturated carbocycles. The highest BCUT2D eigenvalue weighted by molar-refractivity contribution is 5.67. The molecule has 1 aliphatic carbocycles. The van der Waals surface area contributed by atoms with Crippen LogP contribution in [0.3, 0.4) is 0 Å². The van der Waals surface area contributed by atoms with E-state index >= 15 is 0 Å². The van der Waals surface area contributed by atoms with Gasteiger partial charge in [-0.3, -0.25) is 0 Å². The Morgan fingerprint density at radius 3 is 2.63 bits per heavy atom. The minimum atomic E-state index is -0.306. The zero-order valence-corrected chi connectivity index (χ0v) is 12.1. The Hall–Kier alpha value is -0.810. The third-order valence-corrected chi connectivity index (χ3v) is 3.24. The SMILES string of the molecule is CCCNCCOCCOC(=O)NC1CCCCC1. The molecule has 0 bridgehead atoms. The Balaban J connectivity index is 1.87. The van der Waals surface area contributed by atoms with Crippen LogP contribution < -0.4 is 10.6 Å². The minimum absolute atomic E-state index is 0.306. The molecule has 0 radical (unpaired) electrons. The molecule has 5 nitrogen and oxygen atoms in total. The molecule has 0 unspecified atom stereocenters. The molecule has 0 atom stereocenters. The molecule has 1 amide bonds. The first-order valence-electron chi connectivity index (χ1n) is 7.54. The van der Waals surface area contributed by atoms with Crippen LogP contribution in [0.15, 0.2) is 0 Å². The Bertz CT molecular complexity index is 231. The number of ether oxygens (including phenoxy) is 2. The van der Waals surface area contributed by atoms with Crippen molar-refractivity contribution < 1.29 is 14.3 Å². The third kappa shape index (κ3) is 8.83. The maximum absolute atomic E-state index is 11.5. The van der Waals surface area contributed by atoms with Gasteiger partial charge < -0.3 is 20.1 Å². The average Bonchev–Trinajstić information content (AvgIpc) is 2.43. The Kier molecular flexibility index (Phi) is 9.45. The van der Waals surface area contributed by atoms with Gasteiger partial charge in [0.15, 0.2) is 0 Å². The molecule has 0 saturated heterocycles. The van der Waals surface area contributed by atoms with Gasteiger partial charge in [0.1, 0.15) is 6.61 Å². The van der Waals surface area contributed by atoms with Crippen molar-refractivity contribution >= 4 is 6.09 Å². The Morgan fingerprint density at radius 1 is 1.11 bits per heavy atom. The van der Waals surface area contributed by atoms with Crippen LogP contribution in [0.5, 0.6) is 0 Å². The van der Waals surface area contributed by atoms with Gasteiger partial charge in [-0.2, -0.15) is 0 Å². The van der Waals surface area contributed by atoms with Crippen LogP contribution in [0.1, 0.15) is 45.4 Å². The lowest BCUT2D eigenvalue weighted by Crippen LogP contribution is -2.37. The molecule has 19 heavy (non-hydrogen) atoms. The van der Waals surface area contributed by atoms with Gasteiger partial charge in [0.2, 0.25) is 0 Å². The van der Waals surface area contributed by atoms with Crippen LogP contribution in [-0.4, -0.2) is 45.0 Å². The maximum Gasteiger partial charge on any atom is 0.407 e. The van der Waals surface area contributed by atoms with Crippen molar-refractivity contribution in [2.24, 2.45) is 0 Å². The van der Waals surface area contributed by atoms with E-state index in [1.165, 1.54) is 19.3 Å². The average molecular weight is 272 g/mol. The maximum atomic E-state index is 11.5. The zero-order chi connectivity index (χ0) is 13.8. The molecule has 1 aliphatic rings. The summed E-state index contributed by atoms with van der Waals surface area (Å²) in [6.07, 6.45) is 6.68. The molecule has 0 aliphatic heterocycles. The molecule has 0 spiro atoms. The van der Waals surface area contributed by atoms with E-state index in [2.05, 4.69) is 17.6 Å². The van der Waals surface area contributed by atoms with E-state index in [0.29, 0.717) is 25.9 Å². The molecular weight excluding hydrogens is 244 g/mol. The smallest absolute Gasteiger partial charge is 0.407 e. The molecule has 1 rings (SSSR count). The largest absolute Gasteiger partial charge is 0.447 e. The Labute approximate surface area is 116 Å². The lowest BCUT2D eigenvalue weighted by molar-refractivity contribution is 0.0720. The predicted molar refractivity (Wildman–Crippen MR) is 75.3 cm³/mol. The van der Waals surface area contributed by atoms with Crippen molar-refractivity contribution in [3.05, 3.63) is 0 Å². The number of rotatable bonds is 9. The monoisotopic (exact) mass is 272 g/mol. The normalized spacial score (nSPS) is 16.3. The Morgan fingerprint density at radius 2 is 1.89 bits per heavy atom. The van der Waals surface area contributed by atoms with Gasteiger partial charge in [0.05, 0.1) is 13.2 Å². The molecular formula is C14H28N2O3. The summed E-state index contributed by atoms with van der Waals surface area (Å²) in [5.41, 5.74) is 0. The summed E-state index contributed by atoms with van der Waals surface area (Å²) in [7, 11) is 0. The van der Waals surface area contributed by atoms with Gasteiger partial charge in [0, 0.05) is 12.6 Å². The van der Waals surface area contributed by atoms with E-state index in [1.54, 1.807) is 0 Å². The number of alkyl carbamates (subject to hydrolysis) is 1. The van der Waals surface area contributed by atoms with Gasteiger partial charge in [-0.25, -0.2) is 4.79 Å². The fraction of sp³-hybridized carbons (Fsp3) is 0.929. The van der Waals surface area contributed by atoms with Gasteiger partial charge in [-0.05, 0) is 25.8 Å². The van der Waals surface area contributed by atoms with Crippen LogP contribution in [0.2, 0.25) is 0 Å². The molecule has 112 valence electrons. The first-order valence-corrected chi connectivity index (χ1v) is 7.54. The van der Waals surface area contributed by atoms with E-state index in [1.807, 2.05) is 0 Å². The number of amides is 1. The number of carbonyl (C=O) groups is 1. The second kappa shape index (κ2) is 11.1. The van der Waals surface area contributed by atoms with Crippen molar-refractivity contribution in [2.45, 2.75) is 51.5 Å². The standard InChI is InChI=1S/C14H28N2O3/c1-2-8-15-9-10-18-11-12-19-14(17)16-13-6-4-3-5-7-13/h13,15H,2-12H2,1H3,(H,16,17). The summed E-state index contributed by atoms with van der Waals surface area (Å²) >= 11 is 0. The lowest BCUT2D eigenvalue weighted by atomic mass is 9.96. The molecule has 0 heterocycles. The quantitative estimate of drug-likeness (QED) is 0.631. The van der Waals surface area contributed by atoms with Crippen LogP contribution in [0.25, 0.3) is 0 Å². The van der Waals surface area contributed by atoms with E-state index < -0.39 is 0 Å². The van der Waals surface area contributed by atoms with Gasteiger partial charge in [0.25, 0.3) is 0 Å². The van der Waals surface area contributed by atoms with Gasteiger partial charge >= 0.3 is 6.09 Å². The number of carbonyl (C=O) groups excluding carboxylic acids is 1. The summed E-state index contributed by atoms with van der Waals surface area (Å²) in [6.45, 7) is 5.45.